The van der Waals surface area contributed by atoms with Gasteiger partial charge in [0.05, 0.1) is 11.5 Å². The molecule has 172 valence electrons. The van der Waals surface area contributed by atoms with Gasteiger partial charge in [-0.1, -0.05) is 62.4 Å². The lowest BCUT2D eigenvalue weighted by molar-refractivity contribution is -0.140. The second-order valence-corrected chi connectivity index (χ2v) is 9.05. The van der Waals surface area contributed by atoms with Gasteiger partial charge in [0.1, 0.15) is 5.76 Å². The minimum absolute atomic E-state index is 0.00398. The molecule has 0 aliphatic carbocycles. The van der Waals surface area contributed by atoms with Crippen LogP contribution in [0.5, 0.6) is 0 Å². The number of aromatic nitrogens is 1. The molecule has 2 heterocycles. The molecule has 0 spiro atoms. The minimum atomic E-state index is -0.638. The van der Waals surface area contributed by atoms with Gasteiger partial charge in [-0.2, -0.15) is 0 Å². The summed E-state index contributed by atoms with van der Waals surface area (Å²) in [6, 6.07) is 17.6. The first-order chi connectivity index (χ1) is 15.9. The van der Waals surface area contributed by atoms with Crippen molar-refractivity contribution in [3.8, 4) is 0 Å². The van der Waals surface area contributed by atoms with Gasteiger partial charge < -0.3 is 20.6 Å². The molecule has 1 aliphatic heterocycles. The van der Waals surface area contributed by atoms with Gasteiger partial charge in [0.15, 0.2) is 6.10 Å². The quantitative estimate of drug-likeness (QED) is 0.407. The highest BCUT2D eigenvalue weighted by Gasteiger charge is 2.41. The Hall–Kier alpha value is -3.54. The molecule has 0 radical (unpaired) electrons. The summed E-state index contributed by atoms with van der Waals surface area (Å²) in [5.41, 5.74) is 9.31. The number of nitrogens with one attached hydrogen (secondary N) is 1. The molecule has 1 aromatic heterocycles. The summed E-state index contributed by atoms with van der Waals surface area (Å²) in [6.07, 6.45) is 1.41. The minimum Gasteiger partial charge on any atom is -0.508 e. The van der Waals surface area contributed by atoms with Crippen molar-refractivity contribution in [3.05, 3.63) is 82.8 Å². The second-order valence-electron chi connectivity index (χ2n) is 9.05. The van der Waals surface area contributed by atoms with Crippen LogP contribution in [0.1, 0.15) is 55.8 Å². The summed E-state index contributed by atoms with van der Waals surface area (Å²) in [5, 5.41) is 12.2. The fourth-order valence-electron chi connectivity index (χ4n) is 4.68. The predicted molar refractivity (Wildman–Crippen MR) is 128 cm³/mol. The lowest BCUT2D eigenvalue weighted by atomic mass is 9.84. The SMILES string of the molecule is CC(C)CC1OC(=O)C(C(c2ccccc2)c2[nH]c3ccccc3c2CCCC(N)=O)=C1O. The van der Waals surface area contributed by atoms with Crippen molar-refractivity contribution in [2.24, 2.45) is 11.7 Å². The van der Waals surface area contributed by atoms with Crippen LogP contribution in [0.2, 0.25) is 0 Å². The largest absolute Gasteiger partial charge is 0.508 e. The first-order valence-corrected chi connectivity index (χ1v) is 11.4. The van der Waals surface area contributed by atoms with Gasteiger partial charge in [-0.05, 0) is 42.4 Å². The van der Waals surface area contributed by atoms with Crippen molar-refractivity contribution in [2.75, 3.05) is 0 Å². The molecular formula is C27H30N2O4. The molecule has 4 N–H and O–H groups in total. The molecule has 6 heteroatoms. The molecule has 0 bridgehead atoms. The summed E-state index contributed by atoms with van der Waals surface area (Å²) in [4.78, 5) is 27.9. The number of carbonyl (C=O) groups excluding carboxylic acids is 2. The Kier molecular flexibility index (Phi) is 6.54. The number of primary amides is 1. The Balaban J connectivity index is 1.88. The first kappa shape index (κ1) is 22.6. The Bertz CT molecular complexity index is 1190. The molecule has 4 rings (SSSR count). The number of para-hydroxylation sites is 1. The van der Waals surface area contributed by atoms with Crippen LogP contribution in [0.3, 0.4) is 0 Å². The maximum atomic E-state index is 13.1. The van der Waals surface area contributed by atoms with Crippen molar-refractivity contribution >= 4 is 22.8 Å². The van der Waals surface area contributed by atoms with Gasteiger partial charge >= 0.3 is 5.97 Å². The van der Waals surface area contributed by atoms with Crippen LogP contribution in [0.15, 0.2) is 65.9 Å². The highest BCUT2D eigenvalue weighted by Crippen LogP contribution is 2.42. The lowest BCUT2D eigenvalue weighted by Crippen LogP contribution is -2.15. The number of fused-ring (bicyclic) bond motifs is 1. The molecule has 2 atom stereocenters. The number of esters is 1. The number of H-pyrrole nitrogens is 1. The van der Waals surface area contributed by atoms with E-state index in [0.29, 0.717) is 19.3 Å². The third-order valence-corrected chi connectivity index (χ3v) is 6.14. The van der Waals surface area contributed by atoms with E-state index in [1.165, 1.54) is 0 Å². The average Bonchev–Trinajstić information content (AvgIpc) is 3.27. The normalized spacial score (nSPS) is 17.1. The Morgan fingerprint density at radius 3 is 2.52 bits per heavy atom. The van der Waals surface area contributed by atoms with E-state index in [9.17, 15) is 14.7 Å². The second kappa shape index (κ2) is 9.53. The molecule has 3 aromatic rings. The van der Waals surface area contributed by atoms with Gasteiger partial charge in [0, 0.05) is 23.0 Å². The molecule has 2 aromatic carbocycles. The number of ether oxygens (including phenoxy) is 1. The Morgan fingerprint density at radius 2 is 1.82 bits per heavy atom. The summed E-state index contributed by atoms with van der Waals surface area (Å²) in [7, 11) is 0. The van der Waals surface area contributed by atoms with Crippen LogP contribution in [0.25, 0.3) is 10.9 Å². The maximum Gasteiger partial charge on any atom is 0.339 e. The summed E-state index contributed by atoms with van der Waals surface area (Å²) in [6.45, 7) is 4.06. The number of hydrogen-bond donors (Lipinski definition) is 3. The van der Waals surface area contributed by atoms with E-state index >= 15 is 0 Å². The topological polar surface area (TPSA) is 105 Å². The van der Waals surface area contributed by atoms with Gasteiger partial charge in [-0.15, -0.1) is 0 Å². The van der Waals surface area contributed by atoms with Crippen LogP contribution in [-0.2, 0) is 20.7 Å². The molecule has 1 aliphatic rings. The van der Waals surface area contributed by atoms with E-state index in [2.05, 4.69) is 4.98 Å². The number of hydrogen-bond acceptors (Lipinski definition) is 4. The van der Waals surface area contributed by atoms with Crippen LogP contribution in [0, 0.1) is 5.92 Å². The zero-order valence-corrected chi connectivity index (χ0v) is 19.0. The number of rotatable bonds is 9. The molecule has 33 heavy (non-hydrogen) atoms. The molecule has 0 saturated carbocycles. The van der Waals surface area contributed by atoms with Gasteiger partial charge in [0.25, 0.3) is 0 Å². The van der Waals surface area contributed by atoms with E-state index < -0.39 is 18.0 Å². The number of cyclic esters (lactones) is 1. The predicted octanol–water partition coefficient (Wildman–Crippen LogP) is 4.89. The van der Waals surface area contributed by atoms with Crippen LogP contribution < -0.4 is 5.73 Å². The standard InChI is InChI=1S/C27H30N2O4/c1-16(2)15-21-26(31)24(27(32)33-21)23(17-9-4-3-5-10-17)25-19(12-8-14-22(28)30)18-11-6-7-13-20(18)29-25/h3-7,9-11,13,16,21,23,29,31H,8,12,14-15H2,1-2H3,(H2,28,30). The van der Waals surface area contributed by atoms with Crippen molar-refractivity contribution in [2.45, 2.75) is 51.6 Å². The number of carbonyl (C=O) groups is 2. The molecule has 0 saturated heterocycles. The molecule has 6 nitrogen and oxygen atoms in total. The van der Waals surface area contributed by atoms with Crippen LogP contribution in [0.4, 0.5) is 0 Å². The number of benzene rings is 2. The zero-order chi connectivity index (χ0) is 23.5. The van der Waals surface area contributed by atoms with E-state index in [1.807, 2.05) is 68.4 Å². The van der Waals surface area contributed by atoms with Crippen molar-refractivity contribution in [3.63, 3.8) is 0 Å². The molecular weight excluding hydrogens is 416 g/mol. The third-order valence-electron chi connectivity index (χ3n) is 6.14. The lowest BCUT2D eigenvalue weighted by Gasteiger charge is -2.19. The molecule has 2 unspecified atom stereocenters. The maximum absolute atomic E-state index is 13.1. The first-order valence-electron chi connectivity index (χ1n) is 11.4. The average molecular weight is 447 g/mol. The number of amides is 1. The van der Waals surface area contributed by atoms with Crippen molar-refractivity contribution in [1.82, 2.24) is 4.98 Å². The number of aliphatic hydroxyl groups excluding tert-OH is 1. The van der Waals surface area contributed by atoms with Gasteiger partial charge in [-0.3, -0.25) is 4.79 Å². The number of aliphatic hydroxyl groups is 1. The molecule has 0 fully saturated rings. The van der Waals surface area contributed by atoms with Crippen molar-refractivity contribution < 1.29 is 19.4 Å². The number of nitrogens with two attached hydrogens (primary N) is 1. The van der Waals surface area contributed by atoms with E-state index in [-0.39, 0.29) is 29.6 Å². The summed E-state index contributed by atoms with van der Waals surface area (Å²) in [5.74, 6) is -1.09. The monoisotopic (exact) mass is 446 g/mol. The highest BCUT2D eigenvalue weighted by molar-refractivity contribution is 5.95. The fourth-order valence-corrected chi connectivity index (χ4v) is 4.68. The number of aromatic amines is 1. The van der Waals surface area contributed by atoms with Gasteiger partial charge in [0.2, 0.25) is 5.91 Å². The molecule has 1 amide bonds. The summed E-state index contributed by atoms with van der Waals surface area (Å²) >= 11 is 0. The zero-order valence-electron chi connectivity index (χ0n) is 19.0. The van der Waals surface area contributed by atoms with E-state index in [4.69, 9.17) is 10.5 Å². The summed E-state index contributed by atoms with van der Waals surface area (Å²) < 4.78 is 5.61. The number of aryl methyl sites for hydroxylation is 1. The van der Waals surface area contributed by atoms with E-state index in [1.54, 1.807) is 0 Å². The smallest absolute Gasteiger partial charge is 0.339 e. The Morgan fingerprint density at radius 1 is 1.12 bits per heavy atom. The van der Waals surface area contributed by atoms with Crippen LogP contribution >= 0.6 is 0 Å². The highest BCUT2D eigenvalue weighted by atomic mass is 16.6. The van der Waals surface area contributed by atoms with E-state index in [0.717, 1.165) is 27.7 Å². The van der Waals surface area contributed by atoms with Gasteiger partial charge in [-0.25, -0.2) is 4.79 Å². The Labute approximate surface area is 193 Å². The van der Waals surface area contributed by atoms with Crippen LogP contribution in [-0.4, -0.2) is 28.1 Å². The fraction of sp³-hybridized carbons (Fsp3) is 0.333. The van der Waals surface area contributed by atoms with Crippen molar-refractivity contribution in [1.29, 1.82) is 0 Å². The third kappa shape index (κ3) is 4.65.